The van der Waals surface area contributed by atoms with Crippen LogP contribution in [0.15, 0.2) is 35.7 Å². The van der Waals surface area contributed by atoms with Crippen molar-refractivity contribution in [2.24, 2.45) is 0 Å². The predicted octanol–water partition coefficient (Wildman–Crippen LogP) is 2.88. The number of hydrogen-bond acceptors (Lipinski definition) is 5. The van der Waals surface area contributed by atoms with Crippen LogP contribution >= 0.6 is 11.3 Å². The number of methoxy groups -OCH3 is 1. The molecule has 0 radical (unpaired) electrons. The van der Waals surface area contributed by atoms with Gasteiger partial charge in [-0.2, -0.15) is 5.26 Å². The van der Waals surface area contributed by atoms with E-state index in [0.29, 0.717) is 17.1 Å². The van der Waals surface area contributed by atoms with Crippen molar-refractivity contribution < 1.29 is 14.3 Å². The molecule has 1 amide bonds. The van der Waals surface area contributed by atoms with Crippen LogP contribution in [0, 0.1) is 11.3 Å². The summed E-state index contributed by atoms with van der Waals surface area (Å²) in [4.78, 5) is 13.0. The van der Waals surface area contributed by atoms with Gasteiger partial charge in [-0.15, -0.1) is 11.3 Å². The topological polar surface area (TPSA) is 71.3 Å². The maximum Gasteiger partial charge on any atom is 0.258 e. The lowest BCUT2D eigenvalue weighted by molar-refractivity contribution is -0.123. The Morgan fingerprint density at radius 1 is 1.41 bits per heavy atom. The molecule has 1 N–H and O–H groups in total. The fourth-order valence-corrected chi connectivity index (χ4v) is 2.63. The normalized spacial score (nSPS) is 11.3. The second-order valence-corrected chi connectivity index (χ2v) is 5.55. The molecule has 0 unspecified atom stereocenters. The summed E-state index contributed by atoms with van der Waals surface area (Å²) >= 11 is 1.59. The second kappa shape index (κ2) is 7.48. The van der Waals surface area contributed by atoms with E-state index in [-0.39, 0.29) is 18.6 Å². The van der Waals surface area contributed by atoms with Gasteiger partial charge >= 0.3 is 0 Å². The van der Waals surface area contributed by atoms with Gasteiger partial charge < -0.3 is 14.8 Å². The smallest absolute Gasteiger partial charge is 0.258 e. The number of rotatable bonds is 6. The van der Waals surface area contributed by atoms with E-state index >= 15 is 0 Å². The zero-order valence-corrected chi connectivity index (χ0v) is 13.1. The highest BCUT2D eigenvalue weighted by Crippen LogP contribution is 2.27. The molecule has 0 fully saturated rings. The van der Waals surface area contributed by atoms with Crippen LogP contribution in [0.1, 0.15) is 23.4 Å². The van der Waals surface area contributed by atoms with Crippen LogP contribution in [0.3, 0.4) is 0 Å². The number of nitriles is 1. The highest BCUT2D eigenvalue weighted by atomic mass is 32.1. The zero-order valence-electron chi connectivity index (χ0n) is 12.3. The van der Waals surface area contributed by atoms with Crippen molar-refractivity contribution in [3.05, 3.63) is 46.2 Å². The Balaban J connectivity index is 1.92. The van der Waals surface area contributed by atoms with Crippen molar-refractivity contribution >= 4 is 17.2 Å². The van der Waals surface area contributed by atoms with E-state index in [1.165, 1.54) is 7.11 Å². The second-order valence-electron chi connectivity index (χ2n) is 4.57. The van der Waals surface area contributed by atoms with Gasteiger partial charge in [0.1, 0.15) is 0 Å². The van der Waals surface area contributed by atoms with Crippen molar-refractivity contribution in [3.8, 4) is 17.6 Å². The number of nitrogens with one attached hydrogen (secondary N) is 1. The molecule has 0 aliphatic rings. The number of thiophene rings is 1. The Bertz CT molecular complexity index is 677. The first-order valence-electron chi connectivity index (χ1n) is 6.67. The average Bonchev–Trinajstić information content (AvgIpc) is 3.07. The summed E-state index contributed by atoms with van der Waals surface area (Å²) in [7, 11) is 1.49. The van der Waals surface area contributed by atoms with E-state index in [9.17, 15) is 4.79 Å². The van der Waals surface area contributed by atoms with Gasteiger partial charge in [-0.1, -0.05) is 6.07 Å². The average molecular weight is 316 g/mol. The van der Waals surface area contributed by atoms with Crippen LogP contribution in [0.25, 0.3) is 0 Å². The molecule has 1 aromatic carbocycles. The first kappa shape index (κ1) is 15.9. The molecule has 6 heteroatoms. The number of carbonyl (C=O) groups is 1. The molecule has 2 rings (SSSR count). The SMILES string of the molecule is COc1cc(C#N)ccc1OCC(=O)N[C@H](C)c1cccs1. The summed E-state index contributed by atoms with van der Waals surface area (Å²) in [6.07, 6.45) is 0. The van der Waals surface area contributed by atoms with Gasteiger partial charge in [-0.25, -0.2) is 0 Å². The van der Waals surface area contributed by atoms with E-state index in [0.717, 1.165) is 4.88 Å². The summed E-state index contributed by atoms with van der Waals surface area (Å²) in [6.45, 7) is 1.81. The largest absolute Gasteiger partial charge is 0.493 e. The minimum atomic E-state index is -0.215. The Hall–Kier alpha value is -2.52. The van der Waals surface area contributed by atoms with Crippen LogP contribution in [-0.4, -0.2) is 19.6 Å². The summed E-state index contributed by atoms with van der Waals surface area (Å²) in [5.41, 5.74) is 0.472. The first-order chi connectivity index (χ1) is 10.6. The van der Waals surface area contributed by atoms with Crippen molar-refractivity contribution in [2.45, 2.75) is 13.0 Å². The Kier molecular flexibility index (Phi) is 5.39. The minimum absolute atomic E-state index is 0.0565. The van der Waals surface area contributed by atoms with E-state index < -0.39 is 0 Å². The summed E-state index contributed by atoms with van der Waals surface area (Å²) in [5.74, 6) is 0.644. The van der Waals surface area contributed by atoms with Crippen LogP contribution < -0.4 is 14.8 Å². The van der Waals surface area contributed by atoms with Crippen molar-refractivity contribution in [2.75, 3.05) is 13.7 Å². The van der Waals surface area contributed by atoms with E-state index in [4.69, 9.17) is 14.7 Å². The lowest BCUT2D eigenvalue weighted by atomic mass is 10.2. The van der Waals surface area contributed by atoms with Gasteiger partial charge in [-0.05, 0) is 30.5 Å². The maximum absolute atomic E-state index is 11.9. The molecule has 5 nitrogen and oxygen atoms in total. The highest BCUT2D eigenvalue weighted by molar-refractivity contribution is 7.10. The van der Waals surface area contributed by atoms with Crippen LogP contribution in [0.5, 0.6) is 11.5 Å². The van der Waals surface area contributed by atoms with E-state index in [1.54, 1.807) is 29.5 Å². The molecule has 0 spiro atoms. The number of benzene rings is 1. The molecular formula is C16H16N2O3S. The number of amides is 1. The van der Waals surface area contributed by atoms with Crippen LogP contribution in [0.4, 0.5) is 0 Å². The number of hydrogen-bond donors (Lipinski definition) is 1. The summed E-state index contributed by atoms with van der Waals surface area (Å²) in [6, 6.07) is 10.7. The number of ether oxygens (including phenoxy) is 2. The number of nitrogens with zero attached hydrogens (tertiary/aromatic N) is 1. The zero-order chi connectivity index (χ0) is 15.9. The van der Waals surface area contributed by atoms with Crippen molar-refractivity contribution in [3.63, 3.8) is 0 Å². The Morgan fingerprint density at radius 3 is 2.86 bits per heavy atom. The molecule has 22 heavy (non-hydrogen) atoms. The summed E-state index contributed by atoms with van der Waals surface area (Å²) < 4.78 is 10.6. The quantitative estimate of drug-likeness (QED) is 0.889. The molecule has 0 bridgehead atoms. The van der Waals surface area contributed by atoms with Gasteiger partial charge in [0, 0.05) is 10.9 Å². The fraction of sp³-hybridized carbons (Fsp3) is 0.250. The van der Waals surface area contributed by atoms with Crippen molar-refractivity contribution in [1.29, 1.82) is 5.26 Å². The molecule has 1 aromatic heterocycles. The first-order valence-corrected chi connectivity index (χ1v) is 7.55. The monoisotopic (exact) mass is 316 g/mol. The molecule has 1 heterocycles. The molecule has 1 atom stereocenters. The molecule has 114 valence electrons. The van der Waals surface area contributed by atoms with Crippen LogP contribution in [0.2, 0.25) is 0 Å². The molecular weight excluding hydrogens is 300 g/mol. The standard InChI is InChI=1S/C16H16N2O3S/c1-11(15-4-3-7-22-15)18-16(19)10-21-13-6-5-12(9-17)8-14(13)20-2/h3-8,11H,10H2,1-2H3,(H,18,19)/t11-/m1/s1. The Labute approximate surface area is 133 Å². The van der Waals surface area contributed by atoms with Gasteiger partial charge in [0.15, 0.2) is 18.1 Å². The van der Waals surface area contributed by atoms with Gasteiger partial charge in [-0.3, -0.25) is 4.79 Å². The van der Waals surface area contributed by atoms with Gasteiger partial charge in [0.2, 0.25) is 0 Å². The molecule has 0 aliphatic carbocycles. The lowest BCUT2D eigenvalue weighted by Crippen LogP contribution is -2.30. The highest BCUT2D eigenvalue weighted by Gasteiger charge is 2.12. The van der Waals surface area contributed by atoms with Gasteiger partial charge in [0.25, 0.3) is 5.91 Å². The fourth-order valence-electron chi connectivity index (χ4n) is 1.89. The summed E-state index contributed by atoms with van der Waals surface area (Å²) in [5, 5.41) is 13.7. The van der Waals surface area contributed by atoms with E-state index in [1.807, 2.05) is 30.5 Å². The molecule has 0 saturated carbocycles. The predicted molar refractivity (Wildman–Crippen MR) is 84.1 cm³/mol. The molecule has 2 aromatic rings. The third-order valence-electron chi connectivity index (χ3n) is 3.00. The minimum Gasteiger partial charge on any atom is -0.493 e. The van der Waals surface area contributed by atoms with Gasteiger partial charge in [0.05, 0.1) is 24.8 Å². The van der Waals surface area contributed by atoms with Crippen molar-refractivity contribution in [1.82, 2.24) is 5.32 Å². The van der Waals surface area contributed by atoms with Crippen LogP contribution in [-0.2, 0) is 4.79 Å². The third-order valence-corrected chi connectivity index (χ3v) is 4.05. The molecule has 0 aliphatic heterocycles. The van der Waals surface area contributed by atoms with E-state index in [2.05, 4.69) is 5.32 Å². The third kappa shape index (κ3) is 3.99. The molecule has 0 saturated heterocycles. The lowest BCUT2D eigenvalue weighted by Gasteiger charge is -2.14. The number of carbonyl (C=O) groups excluding carboxylic acids is 1. The maximum atomic E-state index is 11.9. The Morgan fingerprint density at radius 2 is 2.23 bits per heavy atom.